The third kappa shape index (κ3) is 19.8. The molecule has 605 valence electrons. The van der Waals surface area contributed by atoms with Crippen LogP contribution in [0.5, 0.6) is 23.0 Å². The zero-order chi connectivity index (χ0) is 80.9. The highest BCUT2D eigenvalue weighted by Gasteiger charge is 2.59. The number of aromatic carboxylic acids is 3. The van der Waals surface area contributed by atoms with Crippen LogP contribution in [0, 0.1) is 45.3 Å². The molecular formula is C92H104BBr2N4O16. The molecule has 8 aliphatic carbocycles. The van der Waals surface area contributed by atoms with Gasteiger partial charge in [0.05, 0.1) is 43.9 Å². The maximum absolute atomic E-state index is 12.3. The van der Waals surface area contributed by atoms with Crippen LogP contribution in [0.1, 0.15) is 205 Å². The van der Waals surface area contributed by atoms with Gasteiger partial charge >= 0.3 is 31.6 Å². The molecule has 7 aromatic rings. The molecule has 4 heterocycles. The number of aliphatic carboxylic acids is 1. The first-order chi connectivity index (χ1) is 55.5. The first kappa shape index (κ1) is 82.5. The van der Waals surface area contributed by atoms with E-state index in [4.69, 9.17) is 29.4 Å². The van der Waals surface area contributed by atoms with Gasteiger partial charge in [-0.05, 0) is 299 Å². The lowest BCUT2D eigenvalue weighted by atomic mass is 9.88. The molecular weight excluding hydrogens is 1590 g/mol. The lowest BCUT2D eigenvalue weighted by Gasteiger charge is -2.33. The Morgan fingerprint density at radius 1 is 0.374 bits per heavy atom. The Kier molecular flexibility index (Phi) is 25.4. The van der Waals surface area contributed by atoms with Crippen LogP contribution in [0.4, 0.5) is 0 Å². The number of amides is 3. The van der Waals surface area contributed by atoms with Gasteiger partial charge in [-0.25, -0.2) is 14.4 Å². The van der Waals surface area contributed by atoms with Crippen LogP contribution in [0.3, 0.4) is 0 Å². The van der Waals surface area contributed by atoms with Crippen molar-refractivity contribution in [3.05, 3.63) is 200 Å². The number of nitrogens with zero attached hydrogens (tertiary/aromatic N) is 3. The maximum Gasteiger partial charge on any atom is 0.569 e. The minimum Gasteiger partial charge on any atom is -0.535 e. The minimum atomic E-state index is -1.07. The molecule has 4 aliphatic heterocycles. The second-order valence-electron chi connectivity index (χ2n) is 33.8. The van der Waals surface area contributed by atoms with Crippen molar-refractivity contribution in [3.63, 3.8) is 0 Å². The maximum atomic E-state index is 12.3. The van der Waals surface area contributed by atoms with Crippen molar-refractivity contribution < 1.29 is 77.9 Å². The number of halogens is 2. The Hall–Kier alpha value is -9.03. The molecule has 3 amide bonds. The lowest BCUT2D eigenvalue weighted by molar-refractivity contribution is -0.138. The number of carboxylic acids is 4. The third-order valence-corrected chi connectivity index (χ3v) is 27.6. The van der Waals surface area contributed by atoms with E-state index < -0.39 is 23.9 Å². The zero-order valence-electron chi connectivity index (χ0n) is 65.8. The first-order valence-corrected chi connectivity index (χ1v) is 42.5. The molecule has 4 atom stereocenters. The molecule has 115 heavy (non-hydrogen) atoms. The second-order valence-corrected chi connectivity index (χ2v) is 35.7. The number of methoxy groups -OCH3 is 3. The molecule has 12 fully saturated rings. The molecule has 1 radical (unpaired) electrons. The summed E-state index contributed by atoms with van der Waals surface area (Å²) in [6.45, 7) is 8.03. The van der Waals surface area contributed by atoms with E-state index in [1.165, 1.54) is 111 Å². The van der Waals surface area contributed by atoms with Crippen LogP contribution >= 0.6 is 31.9 Å². The van der Waals surface area contributed by atoms with Gasteiger partial charge in [0.1, 0.15) is 17.2 Å². The molecule has 0 bridgehead atoms. The van der Waals surface area contributed by atoms with Crippen molar-refractivity contribution in [2.45, 2.75) is 152 Å². The van der Waals surface area contributed by atoms with Gasteiger partial charge in [-0.2, -0.15) is 0 Å². The van der Waals surface area contributed by atoms with E-state index in [1.807, 2.05) is 0 Å². The predicted octanol–water partition coefficient (Wildman–Crippen LogP) is 17.2. The van der Waals surface area contributed by atoms with Gasteiger partial charge in [-0.3, -0.25) is 19.2 Å². The van der Waals surface area contributed by atoms with Gasteiger partial charge in [0.2, 0.25) is 17.7 Å². The molecule has 20 nitrogen and oxygen atoms in total. The Bertz CT molecular complexity index is 4510. The van der Waals surface area contributed by atoms with Gasteiger partial charge in [0.15, 0.2) is 5.75 Å². The fourth-order valence-corrected chi connectivity index (χ4v) is 18.8. The van der Waals surface area contributed by atoms with Crippen molar-refractivity contribution in [1.82, 2.24) is 20.0 Å². The summed E-state index contributed by atoms with van der Waals surface area (Å²) in [7, 11) is 5.08. The molecule has 23 heteroatoms. The average molecular weight is 1690 g/mol. The summed E-state index contributed by atoms with van der Waals surface area (Å²) in [6.07, 6.45) is 23.1. The Balaban J connectivity index is 0.000000120. The van der Waals surface area contributed by atoms with Crippen LogP contribution in [0.15, 0.2) is 161 Å². The smallest absolute Gasteiger partial charge is 0.535 e. The Labute approximate surface area is 690 Å². The first-order valence-electron chi connectivity index (χ1n) is 40.9. The van der Waals surface area contributed by atoms with Crippen molar-refractivity contribution in [2.75, 3.05) is 73.7 Å². The number of carbonyl (C=O) groups is 7. The van der Waals surface area contributed by atoms with Crippen molar-refractivity contribution in [1.29, 1.82) is 0 Å². The zero-order valence-corrected chi connectivity index (χ0v) is 68.9. The summed E-state index contributed by atoms with van der Waals surface area (Å²) in [4.78, 5) is 86.1. The molecule has 2 unspecified atom stereocenters. The van der Waals surface area contributed by atoms with Crippen LogP contribution < -0.4 is 24.2 Å². The number of benzene rings is 7. The van der Waals surface area contributed by atoms with E-state index in [9.17, 15) is 43.8 Å². The number of ether oxygens (including phenoxy) is 3. The molecule has 12 aliphatic rings. The fraction of sp³-hybridized carbons (Fsp3) is 0.467. The van der Waals surface area contributed by atoms with Crippen LogP contribution in [-0.4, -0.2) is 163 Å². The SMILES string of the molecule is Brc1ccc(C2CC23CCNCC3)cc1.COc1ccc(C(=O)O)cc1-c1ccc([C@@H]2CC23CCN(C(=O)C2CC2)CC3)cc1.COc1ccc(C(=O)O)cc1-c1ccc([C@H]2CC23CCN(C(=O)C2CC2)CC3)cc1.COc1ccc(C(=O)O)cc1O[B]O.O=C(C1CC1)N1CCC2(CC1)CC2c1ccc(Br)cc1.O=C(O)C1CC1. The van der Waals surface area contributed by atoms with E-state index in [2.05, 4.69) is 154 Å². The summed E-state index contributed by atoms with van der Waals surface area (Å²) < 4.78 is 22.8. The Morgan fingerprint density at radius 2 is 0.661 bits per heavy atom. The number of carboxylic acid groups (broad SMARTS) is 4. The highest BCUT2D eigenvalue weighted by atomic mass is 79.9. The van der Waals surface area contributed by atoms with E-state index >= 15 is 0 Å². The highest BCUT2D eigenvalue weighted by molar-refractivity contribution is 9.10. The molecule has 7 aromatic carbocycles. The number of hydrogen-bond donors (Lipinski definition) is 6. The summed E-state index contributed by atoms with van der Waals surface area (Å²) in [5.74, 6) is 3.17. The average Bonchev–Trinajstić information content (AvgIpc) is 1.58. The van der Waals surface area contributed by atoms with Gasteiger partial charge in [0.25, 0.3) is 0 Å². The van der Waals surface area contributed by atoms with Gasteiger partial charge in [0, 0.05) is 77.1 Å². The molecule has 0 aromatic heterocycles. The Morgan fingerprint density at radius 3 is 0.930 bits per heavy atom. The number of piperidine rings is 4. The quantitative estimate of drug-likeness (QED) is 0.0436. The topological polar surface area (TPSA) is 279 Å². The number of hydrogen-bond acceptors (Lipinski definition) is 13. The van der Waals surface area contributed by atoms with Crippen molar-refractivity contribution in [3.8, 4) is 45.3 Å². The number of likely N-dealkylation sites (tertiary alicyclic amines) is 3. The summed E-state index contributed by atoms with van der Waals surface area (Å²) in [6, 6.07) is 48.6. The summed E-state index contributed by atoms with van der Waals surface area (Å²) in [5, 5.41) is 47.2. The second kappa shape index (κ2) is 35.4. The van der Waals surface area contributed by atoms with Crippen LogP contribution in [0.2, 0.25) is 0 Å². The van der Waals surface area contributed by atoms with Gasteiger partial charge in [-0.1, -0.05) is 105 Å². The van der Waals surface area contributed by atoms with E-state index in [0.29, 0.717) is 93.9 Å². The number of carbonyl (C=O) groups excluding carboxylic acids is 3. The van der Waals surface area contributed by atoms with Gasteiger partial charge in [-0.15, -0.1) is 0 Å². The normalized spacial score (nSPS) is 22.2. The monoisotopic (exact) mass is 1690 g/mol. The molecule has 4 spiro atoms. The largest absolute Gasteiger partial charge is 0.569 e. The molecule has 19 rings (SSSR count). The van der Waals surface area contributed by atoms with Crippen molar-refractivity contribution >= 4 is 81.1 Å². The number of nitrogens with one attached hydrogen (secondary N) is 1. The minimum absolute atomic E-state index is 0.0185. The molecule has 6 N–H and O–H groups in total. The molecule has 4 saturated heterocycles. The van der Waals surface area contributed by atoms with E-state index in [1.54, 1.807) is 56.2 Å². The fourth-order valence-electron chi connectivity index (χ4n) is 18.3. The molecule has 8 saturated carbocycles. The van der Waals surface area contributed by atoms with Crippen LogP contribution in [0.25, 0.3) is 22.3 Å². The van der Waals surface area contributed by atoms with Crippen molar-refractivity contribution in [2.24, 2.45) is 45.3 Å². The van der Waals surface area contributed by atoms with Crippen LogP contribution in [-0.2, 0) is 19.2 Å². The number of rotatable bonds is 18. The third-order valence-electron chi connectivity index (χ3n) is 26.6. The standard InChI is InChI=1S/2C25H27NO4.C17H20BrNO.C13H16BrN.C8H8BO5.C4H6O2/c2*1-30-22-9-8-19(24(28)29)14-20(22)16-2-4-17(5-3-16)21-15-25(21)10-12-26(13-11-25)23(27)18-6-7-18;18-14-5-3-12(4-6-14)15-11-17(15)7-9-19(10-8-17)16(20)13-1-2-13;14-11-3-1-10(2-4-11)12-9-13(12)5-7-15-8-6-13;1-13-6-3-2-5(8(10)11)4-7(6)14-9-12;5-4(6)3-1-2-3/h2*2-5,8-9,14,18,21H,6-7,10-13,15H2,1H3,(H,28,29);3-6,13,15H,1-2,7-11H2;1-4,12,15H,5-9H2;2-4,12H,1H3,(H,10,11);3H,1-2H2,(H,5,6)/t2*21-;;;;/m10..../s1. The summed E-state index contributed by atoms with van der Waals surface area (Å²) >= 11 is 6.99. The predicted molar refractivity (Wildman–Crippen MR) is 445 cm³/mol. The lowest BCUT2D eigenvalue weighted by Crippen LogP contribution is -2.40. The summed E-state index contributed by atoms with van der Waals surface area (Å²) in [5.41, 5.74) is 11.7. The van der Waals surface area contributed by atoms with Gasteiger partial charge < -0.3 is 64.3 Å². The highest BCUT2D eigenvalue weighted by Crippen LogP contribution is 2.68. The van der Waals surface area contributed by atoms with E-state index in [-0.39, 0.29) is 28.4 Å². The van der Waals surface area contributed by atoms with E-state index in [0.717, 1.165) is 155 Å².